The minimum Gasteiger partial charge on any atom is -0.477 e. The van der Waals surface area contributed by atoms with Gasteiger partial charge in [-0.05, 0) is 11.5 Å². The number of carbonyl (C=O) groups is 1. The minimum atomic E-state index is -1.02. The molecule has 0 aliphatic heterocycles. The standard InChI is InChI=1S/C11H10N2O2/c1-12-10-8-5-3-2-4-7(8)6-9(13-10)11(14)15/h2-6H,1H3,(H,12,13)(H,14,15). The third-order valence-electron chi connectivity index (χ3n) is 2.20. The highest BCUT2D eigenvalue weighted by molar-refractivity contribution is 5.97. The predicted octanol–water partition coefficient (Wildman–Crippen LogP) is 1.97. The van der Waals surface area contributed by atoms with Crippen LogP contribution in [0.2, 0.25) is 0 Å². The molecule has 2 rings (SSSR count). The molecular formula is C11H10N2O2. The number of rotatable bonds is 2. The van der Waals surface area contributed by atoms with Crippen molar-refractivity contribution in [1.29, 1.82) is 0 Å². The Hall–Kier alpha value is -2.10. The predicted molar refractivity (Wildman–Crippen MR) is 58.2 cm³/mol. The van der Waals surface area contributed by atoms with E-state index in [-0.39, 0.29) is 5.69 Å². The first-order valence-electron chi connectivity index (χ1n) is 4.53. The summed E-state index contributed by atoms with van der Waals surface area (Å²) < 4.78 is 0. The van der Waals surface area contributed by atoms with Gasteiger partial charge in [0.1, 0.15) is 5.82 Å². The van der Waals surface area contributed by atoms with Crippen molar-refractivity contribution in [2.24, 2.45) is 0 Å². The lowest BCUT2D eigenvalue weighted by molar-refractivity contribution is 0.0691. The van der Waals surface area contributed by atoms with Crippen LogP contribution >= 0.6 is 0 Å². The fraction of sp³-hybridized carbons (Fsp3) is 0.0909. The molecule has 1 heterocycles. The van der Waals surface area contributed by atoms with Gasteiger partial charge in [-0.15, -0.1) is 0 Å². The van der Waals surface area contributed by atoms with Crippen LogP contribution in [0.25, 0.3) is 10.8 Å². The molecule has 0 spiro atoms. The van der Waals surface area contributed by atoms with Gasteiger partial charge in [-0.25, -0.2) is 9.78 Å². The third kappa shape index (κ3) is 1.61. The van der Waals surface area contributed by atoms with Gasteiger partial charge < -0.3 is 10.4 Å². The Labute approximate surface area is 86.6 Å². The van der Waals surface area contributed by atoms with E-state index in [2.05, 4.69) is 10.3 Å². The number of aromatic nitrogens is 1. The molecule has 0 atom stereocenters. The Balaban J connectivity index is 2.77. The summed E-state index contributed by atoms with van der Waals surface area (Å²) in [5.41, 5.74) is 0.0538. The zero-order valence-corrected chi connectivity index (χ0v) is 8.19. The first-order chi connectivity index (χ1) is 7.22. The number of nitrogens with zero attached hydrogens (tertiary/aromatic N) is 1. The molecule has 0 saturated heterocycles. The number of carboxylic acids is 1. The van der Waals surface area contributed by atoms with Crippen molar-refractivity contribution in [2.45, 2.75) is 0 Å². The van der Waals surface area contributed by atoms with E-state index in [0.717, 1.165) is 10.8 Å². The summed E-state index contributed by atoms with van der Waals surface area (Å²) in [5.74, 6) is -0.428. The Bertz CT molecular complexity index is 523. The second-order valence-corrected chi connectivity index (χ2v) is 3.13. The van der Waals surface area contributed by atoms with E-state index >= 15 is 0 Å². The maximum absolute atomic E-state index is 10.8. The van der Waals surface area contributed by atoms with E-state index in [1.165, 1.54) is 0 Å². The van der Waals surface area contributed by atoms with Crippen LogP contribution in [0.1, 0.15) is 10.5 Å². The number of hydrogen-bond acceptors (Lipinski definition) is 3. The minimum absolute atomic E-state index is 0.0538. The number of hydrogen-bond donors (Lipinski definition) is 2. The highest BCUT2D eigenvalue weighted by Gasteiger charge is 2.09. The molecule has 0 unspecified atom stereocenters. The van der Waals surface area contributed by atoms with Crippen molar-refractivity contribution in [2.75, 3.05) is 12.4 Å². The highest BCUT2D eigenvalue weighted by Crippen LogP contribution is 2.21. The fourth-order valence-electron chi connectivity index (χ4n) is 1.50. The summed E-state index contributed by atoms with van der Waals surface area (Å²) in [6.45, 7) is 0. The van der Waals surface area contributed by atoms with E-state index in [1.54, 1.807) is 13.1 Å². The zero-order valence-electron chi connectivity index (χ0n) is 8.19. The van der Waals surface area contributed by atoms with Gasteiger partial charge in [-0.3, -0.25) is 0 Å². The van der Waals surface area contributed by atoms with Crippen LogP contribution in [-0.4, -0.2) is 23.1 Å². The van der Waals surface area contributed by atoms with Gasteiger partial charge in [-0.1, -0.05) is 24.3 Å². The number of aromatic carboxylic acids is 1. The van der Waals surface area contributed by atoms with Crippen LogP contribution in [-0.2, 0) is 0 Å². The van der Waals surface area contributed by atoms with Crippen molar-refractivity contribution in [3.8, 4) is 0 Å². The molecule has 0 aliphatic carbocycles. The Morgan fingerprint density at radius 1 is 1.40 bits per heavy atom. The van der Waals surface area contributed by atoms with E-state index in [9.17, 15) is 4.79 Å². The van der Waals surface area contributed by atoms with Crippen molar-refractivity contribution in [1.82, 2.24) is 4.98 Å². The Kier molecular flexibility index (Phi) is 2.25. The molecule has 0 fully saturated rings. The van der Waals surface area contributed by atoms with Crippen molar-refractivity contribution in [3.63, 3.8) is 0 Å². The molecule has 15 heavy (non-hydrogen) atoms. The number of carboxylic acid groups (broad SMARTS) is 1. The molecule has 0 bridgehead atoms. The molecule has 0 saturated carbocycles. The van der Waals surface area contributed by atoms with Crippen molar-refractivity contribution < 1.29 is 9.90 Å². The molecule has 1 aromatic carbocycles. The maximum atomic E-state index is 10.8. The van der Waals surface area contributed by atoms with Crippen LogP contribution in [0.15, 0.2) is 30.3 Å². The van der Waals surface area contributed by atoms with Gasteiger partial charge in [0.25, 0.3) is 0 Å². The number of nitrogens with one attached hydrogen (secondary N) is 1. The van der Waals surface area contributed by atoms with E-state index < -0.39 is 5.97 Å². The lowest BCUT2D eigenvalue weighted by Crippen LogP contribution is -2.03. The normalized spacial score (nSPS) is 10.2. The smallest absolute Gasteiger partial charge is 0.354 e. The van der Waals surface area contributed by atoms with Crippen molar-refractivity contribution in [3.05, 3.63) is 36.0 Å². The van der Waals surface area contributed by atoms with E-state index in [1.807, 2.05) is 24.3 Å². The molecular weight excluding hydrogens is 192 g/mol. The van der Waals surface area contributed by atoms with Gasteiger partial charge in [0.2, 0.25) is 0 Å². The Morgan fingerprint density at radius 2 is 2.13 bits per heavy atom. The topological polar surface area (TPSA) is 62.2 Å². The average molecular weight is 202 g/mol. The second kappa shape index (κ2) is 3.57. The second-order valence-electron chi connectivity index (χ2n) is 3.13. The summed E-state index contributed by atoms with van der Waals surface area (Å²) in [7, 11) is 1.72. The molecule has 2 aromatic rings. The molecule has 2 N–H and O–H groups in total. The molecule has 76 valence electrons. The summed E-state index contributed by atoms with van der Waals surface area (Å²) in [4.78, 5) is 14.8. The SMILES string of the molecule is CNc1nc(C(=O)O)cc2ccccc12. The zero-order chi connectivity index (χ0) is 10.8. The first-order valence-corrected chi connectivity index (χ1v) is 4.53. The van der Waals surface area contributed by atoms with Gasteiger partial charge in [0.05, 0.1) is 0 Å². The monoisotopic (exact) mass is 202 g/mol. The fourth-order valence-corrected chi connectivity index (χ4v) is 1.50. The molecule has 0 amide bonds. The number of pyridine rings is 1. The summed E-state index contributed by atoms with van der Waals surface area (Å²) in [6, 6.07) is 9.10. The molecule has 4 nitrogen and oxygen atoms in total. The largest absolute Gasteiger partial charge is 0.477 e. The summed E-state index contributed by atoms with van der Waals surface area (Å²) in [5, 5.41) is 13.6. The number of anilines is 1. The molecule has 0 radical (unpaired) electrons. The summed E-state index contributed by atoms with van der Waals surface area (Å²) in [6.07, 6.45) is 0. The average Bonchev–Trinajstić information content (AvgIpc) is 2.27. The quantitative estimate of drug-likeness (QED) is 0.781. The van der Waals surface area contributed by atoms with Crippen molar-refractivity contribution >= 4 is 22.6 Å². The molecule has 4 heteroatoms. The highest BCUT2D eigenvalue weighted by atomic mass is 16.4. The third-order valence-corrected chi connectivity index (χ3v) is 2.20. The van der Waals surface area contributed by atoms with Gasteiger partial charge in [-0.2, -0.15) is 0 Å². The van der Waals surface area contributed by atoms with E-state index in [0.29, 0.717) is 5.82 Å². The van der Waals surface area contributed by atoms with Crippen LogP contribution in [0.3, 0.4) is 0 Å². The molecule has 1 aromatic heterocycles. The first kappa shape index (κ1) is 9.45. The van der Waals surface area contributed by atoms with Crippen LogP contribution in [0.5, 0.6) is 0 Å². The number of benzene rings is 1. The summed E-state index contributed by atoms with van der Waals surface area (Å²) >= 11 is 0. The lowest BCUT2D eigenvalue weighted by Gasteiger charge is -2.06. The molecule has 0 aliphatic rings. The van der Waals surface area contributed by atoms with Crippen LogP contribution in [0.4, 0.5) is 5.82 Å². The lowest BCUT2D eigenvalue weighted by atomic mass is 10.1. The maximum Gasteiger partial charge on any atom is 0.354 e. The number of fused-ring (bicyclic) bond motifs is 1. The van der Waals surface area contributed by atoms with Crippen LogP contribution < -0.4 is 5.32 Å². The van der Waals surface area contributed by atoms with Gasteiger partial charge in [0.15, 0.2) is 5.69 Å². The van der Waals surface area contributed by atoms with Gasteiger partial charge in [0, 0.05) is 12.4 Å². The van der Waals surface area contributed by atoms with E-state index in [4.69, 9.17) is 5.11 Å². The van der Waals surface area contributed by atoms with Crippen LogP contribution in [0, 0.1) is 0 Å². The van der Waals surface area contributed by atoms with Gasteiger partial charge >= 0.3 is 5.97 Å². The Morgan fingerprint density at radius 3 is 2.80 bits per heavy atom.